The fraction of sp³-hybridized carbons (Fsp3) is 0.577. The topological polar surface area (TPSA) is 117 Å². The van der Waals surface area contributed by atoms with Crippen LogP contribution in [-0.2, 0) is 9.53 Å². The first-order valence-electron chi connectivity index (χ1n) is 12.3. The standard InChI is InChI=1S/C26H38N4O5.H2S/c1-5-18(14-24(31)32)19-7-8-23(30(17-26(3,4)33)21-9-11-34-12-10-21)22(13-19)29-20-15-27-25(28-16-20)35-6-2;/h7-8,13,15-16,18,21,29,33H,5-6,9-12,14,17H2,1-4H3,(H,31,32);1H2/t18-;/m0./s1. The molecule has 1 aliphatic heterocycles. The Morgan fingerprint density at radius 1 is 1.25 bits per heavy atom. The maximum atomic E-state index is 11.4. The van der Waals surface area contributed by atoms with E-state index in [0.717, 1.165) is 29.8 Å². The first-order chi connectivity index (χ1) is 16.7. The summed E-state index contributed by atoms with van der Waals surface area (Å²) in [7, 11) is 0. The van der Waals surface area contributed by atoms with Crippen molar-refractivity contribution < 1.29 is 24.5 Å². The number of benzene rings is 1. The van der Waals surface area contributed by atoms with Crippen molar-refractivity contribution >= 4 is 36.5 Å². The highest BCUT2D eigenvalue weighted by Crippen LogP contribution is 2.37. The van der Waals surface area contributed by atoms with Crippen molar-refractivity contribution in [3.63, 3.8) is 0 Å². The third kappa shape index (κ3) is 8.53. The summed E-state index contributed by atoms with van der Waals surface area (Å²) >= 11 is 0. The van der Waals surface area contributed by atoms with Crippen LogP contribution in [0.15, 0.2) is 30.6 Å². The third-order valence-electron chi connectivity index (χ3n) is 6.08. The summed E-state index contributed by atoms with van der Waals surface area (Å²) in [5.41, 5.74) is 2.47. The van der Waals surface area contributed by atoms with Crippen LogP contribution in [-0.4, -0.2) is 64.2 Å². The largest absolute Gasteiger partial charge is 0.481 e. The van der Waals surface area contributed by atoms with Crippen LogP contribution in [0.5, 0.6) is 6.01 Å². The average molecular weight is 521 g/mol. The number of nitrogens with zero attached hydrogens (tertiary/aromatic N) is 3. The van der Waals surface area contributed by atoms with Crippen molar-refractivity contribution in [3.8, 4) is 6.01 Å². The SMILES string of the molecule is CCOc1ncc(Nc2cc([C@@H](CC)CC(=O)O)ccc2N(CC(C)(C)O)C2CCOCC2)cn1.S. The number of rotatable bonds is 12. The van der Waals surface area contributed by atoms with Crippen LogP contribution >= 0.6 is 13.5 Å². The highest BCUT2D eigenvalue weighted by atomic mass is 32.1. The molecule has 10 heteroatoms. The van der Waals surface area contributed by atoms with E-state index in [-0.39, 0.29) is 31.9 Å². The fourth-order valence-electron chi connectivity index (χ4n) is 4.43. The molecule has 200 valence electrons. The molecule has 0 spiro atoms. The van der Waals surface area contributed by atoms with E-state index in [1.54, 1.807) is 26.2 Å². The number of aromatic nitrogens is 2. The predicted molar refractivity (Wildman–Crippen MR) is 146 cm³/mol. The predicted octanol–water partition coefficient (Wildman–Crippen LogP) is 4.46. The second kappa shape index (κ2) is 13.7. The van der Waals surface area contributed by atoms with Crippen molar-refractivity contribution in [2.45, 2.75) is 70.9 Å². The number of ether oxygens (including phenoxy) is 2. The van der Waals surface area contributed by atoms with Crippen molar-refractivity contribution in [2.24, 2.45) is 0 Å². The van der Waals surface area contributed by atoms with Gasteiger partial charge >= 0.3 is 12.0 Å². The molecule has 0 radical (unpaired) electrons. The molecule has 1 aromatic heterocycles. The molecule has 36 heavy (non-hydrogen) atoms. The van der Waals surface area contributed by atoms with E-state index in [0.29, 0.717) is 44.5 Å². The van der Waals surface area contributed by atoms with Crippen molar-refractivity contribution in [1.82, 2.24) is 9.97 Å². The Bertz CT molecular complexity index is 962. The van der Waals surface area contributed by atoms with E-state index in [1.807, 2.05) is 32.0 Å². The molecule has 0 bridgehead atoms. The highest BCUT2D eigenvalue weighted by molar-refractivity contribution is 7.59. The minimum Gasteiger partial charge on any atom is -0.481 e. The van der Waals surface area contributed by atoms with Crippen LogP contribution in [0.25, 0.3) is 0 Å². The summed E-state index contributed by atoms with van der Waals surface area (Å²) < 4.78 is 10.9. The molecule has 1 fully saturated rings. The summed E-state index contributed by atoms with van der Waals surface area (Å²) in [6, 6.07) is 6.56. The van der Waals surface area contributed by atoms with Gasteiger partial charge in [-0.15, -0.1) is 0 Å². The zero-order valence-electron chi connectivity index (χ0n) is 21.7. The Balaban J connectivity index is 0.00000456. The second-order valence-corrected chi connectivity index (χ2v) is 9.58. The zero-order valence-corrected chi connectivity index (χ0v) is 22.7. The quantitative estimate of drug-likeness (QED) is 0.373. The minimum absolute atomic E-state index is 0. The van der Waals surface area contributed by atoms with E-state index in [4.69, 9.17) is 9.47 Å². The molecule has 0 aliphatic carbocycles. The molecule has 9 nitrogen and oxygen atoms in total. The molecule has 0 saturated carbocycles. The lowest BCUT2D eigenvalue weighted by atomic mass is 9.92. The Morgan fingerprint density at radius 2 is 1.92 bits per heavy atom. The Kier molecular flexibility index (Phi) is 11.3. The molecule has 0 unspecified atom stereocenters. The summed E-state index contributed by atoms with van der Waals surface area (Å²) in [6.45, 7) is 9.77. The van der Waals surface area contributed by atoms with Crippen molar-refractivity contribution in [1.29, 1.82) is 0 Å². The number of hydrogen-bond donors (Lipinski definition) is 3. The number of nitrogens with one attached hydrogen (secondary N) is 1. The molecule has 0 amide bonds. The molecule has 1 atom stereocenters. The molecule has 1 aromatic carbocycles. The molecule has 1 saturated heterocycles. The van der Waals surface area contributed by atoms with E-state index in [2.05, 4.69) is 20.2 Å². The minimum atomic E-state index is -0.911. The van der Waals surface area contributed by atoms with Crippen LogP contribution < -0.4 is 15.0 Å². The molecule has 3 N–H and O–H groups in total. The lowest BCUT2D eigenvalue weighted by Crippen LogP contribution is -2.47. The number of carbonyl (C=O) groups is 1. The van der Waals surface area contributed by atoms with Gasteiger partial charge in [-0.05, 0) is 63.6 Å². The molecular formula is C26H40N4O5S. The lowest BCUT2D eigenvalue weighted by Gasteiger charge is -2.40. The third-order valence-corrected chi connectivity index (χ3v) is 6.08. The van der Waals surface area contributed by atoms with Gasteiger partial charge in [0.05, 0.1) is 48.1 Å². The van der Waals surface area contributed by atoms with Crippen molar-refractivity contribution in [3.05, 3.63) is 36.2 Å². The molecule has 2 heterocycles. The number of anilines is 3. The number of carboxylic acids is 1. The van der Waals surface area contributed by atoms with Gasteiger partial charge in [0.25, 0.3) is 0 Å². The molecule has 1 aliphatic rings. The number of aliphatic carboxylic acids is 1. The zero-order chi connectivity index (χ0) is 25.4. The van der Waals surface area contributed by atoms with Crippen molar-refractivity contribution in [2.75, 3.05) is 36.6 Å². The van der Waals surface area contributed by atoms with Gasteiger partial charge in [0.1, 0.15) is 0 Å². The summed E-state index contributed by atoms with van der Waals surface area (Å²) in [5.74, 6) is -0.925. The first-order valence-corrected chi connectivity index (χ1v) is 12.3. The maximum absolute atomic E-state index is 11.4. The van der Waals surface area contributed by atoms with Crippen LogP contribution in [0.4, 0.5) is 17.1 Å². The normalized spacial score (nSPS) is 15.0. The smallest absolute Gasteiger partial charge is 0.316 e. The van der Waals surface area contributed by atoms with Crippen LogP contribution in [0.3, 0.4) is 0 Å². The second-order valence-electron chi connectivity index (χ2n) is 9.58. The van der Waals surface area contributed by atoms with Gasteiger partial charge < -0.3 is 29.9 Å². The first kappa shape index (κ1) is 29.7. The van der Waals surface area contributed by atoms with Crippen LogP contribution in [0.2, 0.25) is 0 Å². The Labute approximate surface area is 220 Å². The number of hydrogen-bond acceptors (Lipinski definition) is 8. The van der Waals surface area contributed by atoms with Crippen LogP contribution in [0.1, 0.15) is 64.9 Å². The number of carboxylic acid groups (broad SMARTS) is 1. The Hall–Kier alpha value is -2.56. The van der Waals surface area contributed by atoms with E-state index in [1.165, 1.54) is 0 Å². The summed E-state index contributed by atoms with van der Waals surface area (Å²) in [5, 5.41) is 23.6. The van der Waals surface area contributed by atoms with Gasteiger partial charge in [-0.3, -0.25) is 4.79 Å². The monoisotopic (exact) mass is 520 g/mol. The summed E-state index contributed by atoms with van der Waals surface area (Å²) in [6.07, 6.45) is 5.83. The maximum Gasteiger partial charge on any atom is 0.316 e. The molecular weight excluding hydrogens is 480 g/mol. The Morgan fingerprint density at radius 3 is 2.47 bits per heavy atom. The number of aliphatic hydroxyl groups is 1. The van der Waals surface area contributed by atoms with E-state index < -0.39 is 11.6 Å². The molecule has 3 rings (SSSR count). The van der Waals surface area contributed by atoms with Gasteiger partial charge in [-0.25, -0.2) is 9.97 Å². The molecule has 2 aromatic rings. The van der Waals surface area contributed by atoms with Gasteiger partial charge in [0.15, 0.2) is 0 Å². The fourth-order valence-corrected chi connectivity index (χ4v) is 4.43. The van der Waals surface area contributed by atoms with Crippen LogP contribution in [0, 0.1) is 0 Å². The average Bonchev–Trinajstić information content (AvgIpc) is 2.82. The van der Waals surface area contributed by atoms with Gasteiger partial charge in [0.2, 0.25) is 0 Å². The highest BCUT2D eigenvalue weighted by Gasteiger charge is 2.29. The van der Waals surface area contributed by atoms with Gasteiger partial charge in [-0.2, -0.15) is 13.5 Å². The van der Waals surface area contributed by atoms with Gasteiger partial charge in [-0.1, -0.05) is 13.0 Å². The van der Waals surface area contributed by atoms with Gasteiger partial charge in [0, 0.05) is 25.8 Å². The van der Waals surface area contributed by atoms with E-state index in [9.17, 15) is 15.0 Å². The lowest BCUT2D eigenvalue weighted by molar-refractivity contribution is -0.137. The summed E-state index contributed by atoms with van der Waals surface area (Å²) in [4.78, 5) is 22.2. The van der Waals surface area contributed by atoms with E-state index >= 15 is 0 Å².